The monoisotopic (exact) mass is 1180 g/mol. The predicted octanol–water partition coefficient (Wildman–Crippen LogP) is 2.46. The van der Waals surface area contributed by atoms with Crippen molar-refractivity contribution in [1.29, 1.82) is 0 Å². The Kier molecular flexibility index (Phi) is 24.1. The molecule has 0 radical (unpaired) electrons. The van der Waals surface area contributed by atoms with Crippen LogP contribution in [0, 0.1) is 16.0 Å². The molecule has 0 aromatic heterocycles. The first-order valence-electron chi connectivity index (χ1n) is 27.4. The molecule has 2 aliphatic heterocycles. The second-order valence-electron chi connectivity index (χ2n) is 25.0. The fraction of sp³-hybridized carbons (Fsp3) is 0.741. The van der Waals surface area contributed by atoms with Gasteiger partial charge in [0.25, 0.3) is 5.69 Å². The van der Waals surface area contributed by atoms with Crippen LogP contribution in [0.15, 0.2) is 36.1 Å². The van der Waals surface area contributed by atoms with E-state index in [1.165, 1.54) is 38.2 Å². The first-order valence-corrected chi connectivity index (χ1v) is 27.4. The number of benzene rings is 1. The van der Waals surface area contributed by atoms with E-state index < -0.39 is 149 Å². The normalized spacial score (nSPS) is 26.5. The Hall–Kier alpha value is -6.34. The number of nitrogens with zero attached hydrogens (tertiary/aromatic N) is 2. The Morgan fingerprint density at radius 1 is 0.771 bits per heavy atom. The lowest BCUT2D eigenvalue weighted by Gasteiger charge is -2.52. The molecule has 1 saturated heterocycles. The van der Waals surface area contributed by atoms with Crippen molar-refractivity contribution in [1.82, 2.24) is 36.8 Å². The Bertz CT molecular complexity index is 2400. The van der Waals surface area contributed by atoms with Gasteiger partial charge in [0, 0.05) is 56.8 Å². The number of hydrogen-bond acceptors (Lipinski definition) is 22. The predicted molar refractivity (Wildman–Crippen MR) is 294 cm³/mol. The molecule has 3 aliphatic rings. The van der Waals surface area contributed by atoms with Gasteiger partial charge in [0.15, 0.2) is 6.29 Å². The molecule has 1 aromatic carbocycles. The number of amides is 6. The van der Waals surface area contributed by atoms with E-state index in [0.717, 1.165) is 4.90 Å². The summed E-state index contributed by atoms with van der Waals surface area (Å²) in [7, 11) is 1.29. The van der Waals surface area contributed by atoms with Crippen molar-refractivity contribution >= 4 is 42.1 Å². The highest BCUT2D eigenvalue weighted by Crippen LogP contribution is 2.39. The molecule has 1 aliphatic carbocycles. The SMILES string of the molecule is CN(C(=O)OC(C)(C)C)[C@@H]1[C@@H](O)[C@@H](O[C@H]2[C@H](NC(=O)[C@@H](O)CCNC(=O)OC(C)(C)C)C[C@H](NC(=O)OC(C)(C)C)C([C@H]3OC(CNC(=O)OCc4ccc([N+](=O)[O-])cc4)=CC[C@H]3NCC(O)CNC(=O)OC(C)(C)C)[C@@H]2O)OC[C@]1(C)O. The van der Waals surface area contributed by atoms with E-state index in [-0.39, 0.29) is 63.5 Å². The summed E-state index contributed by atoms with van der Waals surface area (Å²) in [6.45, 7) is 19.1. The third-order valence-corrected chi connectivity index (χ3v) is 12.8. The van der Waals surface area contributed by atoms with Crippen molar-refractivity contribution in [2.45, 2.75) is 211 Å². The molecule has 2 unspecified atom stereocenters. The molecule has 470 valence electrons. The van der Waals surface area contributed by atoms with Gasteiger partial charge in [-0.15, -0.1) is 0 Å². The fourth-order valence-electron chi connectivity index (χ4n) is 9.27. The molecular weight excluding hydrogens is 1100 g/mol. The molecule has 29 nitrogen and oxygen atoms in total. The summed E-state index contributed by atoms with van der Waals surface area (Å²) in [4.78, 5) is 90.9. The van der Waals surface area contributed by atoms with E-state index in [2.05, 4.69) is 31.9 Å². The number of nitro benzene ring substituents is 1. The van der Waals surface area contributed by atoms with E-state index in [1.54, 1.807) is 89.2 Å². The van der Waals surface area contributed by atoms with Crippen LogP contribution in [0.2, 0.25) is 0 Å². The van der Waals surface area contributed by atoms with E-state index in [9.17, 15) is 64.4 Å². The number of rotatable bonds is 20. The summed E-state index contributed by atoms with van der Waals surface area (Å²) in [5.41, 5.74) is -5.39. The molecule has 11 N–H and O–H groups in total. The summed E-state index contributed by atoms with van der Waals surface area (Å²) >= 11 is 0. The Labute approximate surface area is 483 Å². The molecule has 2 fully saturated rings. The molecule has 4 rings (SSSR count). The van der Waals surface area contributed by atoms with Gasteiger partial charge in [-0.25, -0.2) is 24.0 Å². The standard InChI is InChI=1S/C54H88N8O21/c1-50(2,3)80-46(69)55-22-21-36(64)43(67)59-35-23-34(60-48(71)82-52(7,8)9)37(38(65)41(35)79-44-39(66)42(54(13,73)28-77-44)61(14)49(72)83-53(10,11)12)40-33(56-24-31(63)25-57-47(70)81-51(4,5)6)20-19-32(78-40)26-58-45(68)76-27-29-15-17-30(18-16-29)62(74)75/h15-19,31,33-42,44,56,63-66,73H,20-28H2,1-14H3,(H,55,69)(H,57,70)(H,58,68)(H,59,67)(H,60,71)/t31?,33-,34+,35-,36+,37?,38+,39-,40+,41+,42-,44-,54+/m1/s1. The lowest BCUT2D eigenvalue weighted by atomic mass is 9.72. The minimum Gasteiger partial charge on any atom is -0.491 e. The summed E-state index contributed by atoms with van der Waals surface area (Å²) < 4.78 is 46.2. The molecule has 2 heterocycles. The number of ether oxygens (including phenoxy) is 8. The van der Waals surface area contributed by atoms with Gasteiger partial charge in [-0.05, 0) is 133 Å². The minimum atomic E-state index is -1.93. The second kappa shape index (κ2) is 29.0. The number of non-ortho nitro benzene ring substituents is 1. The van der Waals surface area contributed by atoms with Gasteiger partial charge in [-0.1, -0.05) is 0 Å². The van der Waals surface area contributed by atoms with Gasteiger partial charge in [0.05, 0.1) is 42.4 Å². The molecular formula is C54H88N8O21. The smallest absolute Gasteiger partial charge is 0.410 e. The number of aliphatic hydroxyl groups is 5. The molecule has 1 saturated carbocycles. The van der Waals surface area contributed by atoms with Crippen LogP contribution in [0.1, 0.15) is 115 Å². The van der Waals surface area contributed by atoms with E-state index >= 15 is 0 Å². The number of aliphatic hydroxyl groups excluding tert-OH is 4. The first-order chi connectivity index (χ1) is 38.2. The third kappa shape index (κ3) is 22.6. The number of likely N-dealkylation sites (N-methyl/N-ethyl adjacent to an activating group) is 1. The maximum atomic E-state index is 14.0. The third-order valence-electron chi connectivity index (χ3n) is 12.8. The highest BCUT2D eigenvalue weighted by atomic mass is 16.7. The van der Waals surface area contributed by atoms with Gasteiger partial charge in [-0.3, -0.25) is 14.9 Å². The number of alkyl carbamates (subject to hydrolysis) is 4. The number of nitro groups is 1. The maximum absolute atomic E-state index is 14.0. The quantitative estimate of drug-likeness (QED) is 0.0507. The zero-order chi connectivity index (χ0) is 62.6. The molecule has 1 aromatic rings. The Morgan fingerprint density at radius 2 is 1.35 bits per heavy atom. The maximum Gasteiger partial charge on any atom is 0.410 e. The van der Waals surface area contributed by atoms with Crippen LogP contribution in [0.3, 0.4) is 0 Å². The number of carbonyl (C=O) groups excluding carboxylic acids is 6. The second-order valence-corrected chi connectivity index (χ2v) is 25.0. The molecule has 6 amide bonds. The average molecular weight is 1190 g/mol. The lowest BCUT2D eigenvalue weighted by Crippen LogP contribution is -2.71. The van der Waals surface area contributed by atoms with Gasteiger partial charge in [-0.2, -0.15) is 0 Å². The lowest BCUT2D eigenvalue weighted by molar-refractivity contribution is -0.384. The molecule has 83 heavy (non-hydrogen) atoms. The van der Waals surface area contributed by atoms with Crippen molar-refractivity contribution in [3.63, 3.8) is 0 Å². The summed E-state index contributed by atoms with van der Waals surface area (Å²) in [6.07, 6.45) is -15.0. The largest absolute Gasteiger partial charge is 0.491 e. The molecule has 29 heteroatoms. The van der Waals surface area contributed by atoms with Crippen molar-refractivity contribution in [3.8, 4) is 0 Å². The highest BCUT2D eigenvalue weighted by Gasteiger charge is 2.56. The summed E-state index contributed by atoms with van der Waals surface area (Å²) in [5.74, 6) is -2.25. The summed E-state index contributed by atoms with van der Waals surface area (Å²) in [5, 5.41) is 86.5. The minimum absolute atomic E-state index is 0.0571. The van der Waals surface area contributed by atoms with E-state index in [4.69, 9.17) is 37.9 Å². The topological polar surface area (TPSA) is 396 Å². The van der Waals surface area contributed by atoms with E-state index in [0.29, 0.717) is 5.56 Å². The van der Waals surface area contributed by atoms with Crippen LogP contribution < -0.4 is 31.9 Å². The van der Waals surface area contributed by atoms with Crippen molar-refractivity contribution in [2.24, 2.45) is 5.92 Å². The molecule has 13 atom stereocenters. The zero-order valence-electron chi connectivity index (χ0n) is 49.8. The zero-order valence-corrected chi connectivity index (χ0v) is 49.8. The fourth-order valence-corrected chi connectivity index (χ4v) is 9.27. The van der Waals surface area contributed by atoms with Crippen LogP contribution in [0.4, 0.5) is 29.7 Å². The first kappa shape index (κ1) is 69.2. The van der Waals surface area contributed by atoms with Crippen LogP contribution in [-0.2, 0) is 49.3 Å². The van der Waals surface area contributed by atoms with Crippen molar-refractivity contribution in [3.05, 3.63) is 51.8 Å². The van der Waals surface area contributed by atoms with Crippen LogP contribution in [-0.4, -0.2) is 207 Å². The number of carbonyl (C=O) groups is 6. The highest BCUT2D eigenvalue weighted by molar-refractivity contribution is 5.81. The van der Waals surface area contributed by atoms with Crippen LogP contribution in [0.25, 0.3) is 0 Å². The summed E-state index contributed by atoms with van der Waals surface area (Å²) in [6, 6.07) is 0.321. The van der Waals surface area contributed by atoms with E-state index in [1.807, 2.05) is 0 Å². The Balaban J connectivity index is 1.78. The van der Waals surface area contributed by atoms with Gasteiger partial charge in [0.1, 0.15) is 64.8 Å². The van der Waals surface area contributed by atoms with Crippen LogP contribution >= 0.6 is 0 Å². The number of hydrogen-bond donors (Lipinski definition) is 11. The van der Waals surface area contributed by atoms with Crippen molar-refractivity contribution < 1.29 is 97.1 Å². The van der Waals surface area contributed by atoms with Crippen LogP contribution in [0.5, 0.6) is 0 Å². The molecule has 0 bridgehead atoms. The molecule has 0 spiro atoms. The van der Waals surface area contributed by atoms with Gasteiger partial charge in [0.2, 0.25) is 5.91 Å². The van der Waals surface area contributed by atoms with Gasteiger partial charge >= 0.3 is 30.5 Å². The Morgan fingerprint density at radius 3 is 1.93 bits per heavy atom. The van der Waals surface area contributed by atoms with Gasteiger partial charge < -0.3 is 100 Å². The van der Waals surface area contributed by atoms with Crippen molar-refractivity contribution in [2.75, 3.05) is 39.8 Å². The average Bonchev–Trinajstić information content (AvgIpc) is 3.30. The number of nitrogens with one attached hydrogen (secondary N) is 6.